The van der Waals surface area contributed by atoms with Crippen molar-refractivity contribution >= 4 is 11.6 Å². The average Bonchev–Trinajstić information content (AvgIpc) is 2.42. The van der Waals surface area contributed by atoms with Crippen molar-refractivity contribution in [3.8, 4) is 5.75 Å². The van der Waals surface area contributed by atoms with E-state index in [1.807, 2.05) is 13.8 Å². The second-order valence-electron chi connectivity index (χ2n) is 4.24. The van der Waals surface area contributed by atoms with Crippen LogP contribution >= 0.6 is 0 Å². The Balaban J connectivity index is 2.82. The molecular weight excluding hydrogens is 244 g/mol. The van der Waals surface area contributed by atoms with Crippen molar-refractivity contribution in [1.29, 1.82) is 0 Å². The molecule has 1 rings (SSSR count). The van der Waals surface area contributed by atoms with Crippen LogP contribution in [0.25, 0.3) is 0 Å². The van der Waals surface area contributed by atoms with Crippen LogP contribution in [0.15, 0.2) is 18.2 Å². The first kappa shape index (κ1) is 15.5. The zero-order chi connectivity index (χ0) is 14.3. The normalized spacial score (nSPS) is 12.0. The highest BCUT2D eigenvalue weighted by Gasteiger charge is 2.15. The van der Waals surface area contributed by atoms with E-state index in [4.69, 9.17) is 10.5 Å². The van der Waals surface area contributed by atoms with Gasteiger partial charge in [-0.2, -0.15) is 0 Å². The van der Waals surface area contributed by atoms with Crippen LogP contribution in [0.4, 0.5) is 5.69 Å². The molecule has 5 heteroatoms. The summed E-state index contributed by atoms with van der Waals surface area (Å²) in [5.41, 5.74) is 6.83. The number of amides is 1. The van der Waals surface area contributed by atoms with E-state index in [0.717, 1.165) is 0 Å². The zero-order valence-electron chi connectivity index (χ0n) is 11.5. The van der Waals surface area contributed by atoms with Gasteiger partial charge < -0.3 is 20.9 Å². The fraction of sp³-hybridized carbons (Fsp3) is 0.500. The van der Waals surface area contributed by atoms with E-state index in [9.17, 15) is 9.90 Å². The predicted octanol–water partition coefficient (Wildman–Crippen LogP) is 1.50. The molecule has 106 valence electrons. The average molecular weight is 266 g/mol. The highest BCUT2D eigenvalue weighted by atomic mass is 16.5. The van der Waals surface area contributed by atoms with Gasteiger partial charge in [0.15, 0.2) is 0 Å². The highest BCUT2D eigenvalue weighted by molar-refractivity contribution is 5.92. The molecule has 0 aromatic heterocycles. The summed E-state index contributed by atoms with van der Waals surface area (Å²) in [6.45, 7) is 4.53. The van der Waals surface area contributed by atoms with Crippen LogP contribution in [0, 0.1) is 5.92 Å². The Hall–Kier alpha value is -1.59. The first-order chi connectivity index (χ1) is 9.15. The SMILES string of the molecule is CCOc1ccc(NC(=O)C(CC)CN)cc1CO. The Labute approximate surface area is 113 Å². The number of hydrogen-bond donors (Lipinski definition) is 3. The van der Waals surface area contributed by atoms with E-state index in [-0.39, 0.29) is 18.4 Å². The van der Waals surface area contributed by atoms with Crippen molar-refractivity contribution in [2.45, 2.75) is 26.9 Å². The standard InChI is InChI=1S/C14H22N2O3/c1-3-10(8-15)14(18)16-12-5-6-13(19-4-2)11(7-12)9-17/h5-7,10,17H,3-4,8-9,15H2,1-2H3,(H,16,18). The monoisotopic (exact) mass is 266 g/mol. The Bertz CT molecular complexity index is 417. The summed E-state index contributed by atoms with van der Waals surface area (Å²) in [6, 6.07) is 5.21. The van der Waals surface area contributed by atoms with E-state index in [1.165, 1.54) is 0 Å². The Kier molecular flexibility index (Phi) is 6.32. The summed E-state index contributed by atoms with van der Waals surface area (Å²) in [5.74, 6) is 0.344. The van der Waals surface area contributed by atoms with Crippen molar-refractivity contribution in [3.05, 3.63) is 23.8 Å². The van der Waals surface area contributed by atoms with Gasteiger partial charge >= 0.3 is 0 Å². The molecule has 0 bridgehead atoms. The van der Waals surface area contributed by atoms with Crippen molar-refractivity contribution in [2.24, 2.45) is 11.7 Å². The minimum Gasteiger partial charge on any atom is -0.494 e. The number of carbonyl (C=O) groups is 1. The van der Waals surface area contributed by atoms with Crippen LogP contribution in [-0.4, -0.2) is 24.2 Å². The molecule has 0 aliphatic carbocycles. The number of benzene rings is 1. The molecule has 0 saturated carbocycles. The molecule has 1 amide bonds. The number of carbonyl (C=O) groups excluding carboxylic acids is 1. The van der Waals surface area contributed by atoms with Gasteiger partial charge in [-0.15, -0.1) is 0 Å². The molecule has 19 heavy (non-hydrogen) atoms. The van der Waals surface area contributed by atoms with Crippen LogP contribution < -0.4 is 15.8 Å². The number of nitrogens with two attached hydrogens (primary N) is 1. The van der Waals surface area contributed by atoms with Gasteiger partial charge in [-0.3, -0.25) is 4.79 Å². The summed E-state index contributed by atoms with van der Waals surface area (Å²) in [6.07, 6.45) is 0.701. The maximum Gasteiger partial charge on any atom is 0.228 e. The third-order valence-electron chi connectivity index (χ3n) is 2.95. The lowest BCUT2D eigenvalue weighted by atomic mass is 10.1. The van der Waals surface area contributed by atoms with Gasteiger partial charge in [-0.1, -0.05) is 6.92 Å². The summed E-state index contributed by atoms with van der Waals surface area (Å²) in [4.78, 5) is 11.9. The molecule has 0 spiro atoms. The fourth-order valence-corrected chi connectivity index (χ4v) is 1.78. The molecule has 1 aromatic rings. The first-order valence-electron chi connectivity index (χ1n) is 6.53. The summed E-state index contributed by atoms with van der Waals surface area (Å²) in [7, 11) is 0. The van der Waals surface area contributed by atoms with Crippen molar-refractivity contribution in [3.63, 3.8) is 0 Å². The van der Waals surface area contributed by atoms with Gasteiger partial charge in [0.1, 0.15) is 5.75 Å². The van der Waals surface area contributed by atoms with E-state index >= 15 is 0 Å². The quantitative estimate of drug-likeness (QED) is 0.698. The van der Waals surface area contributed by atoms with Gasteiger partial charge in [0.25, 0.3) is 0 Å². The molecule has 0 saturated heterocycles. The number of aliphatic hydroxyl groups is 1. The molecule has 0 radical (unpaired) electrons. The second-order valence-corrected chi connectivity index (χ2v) is 4.24. The summed E-state index contributed by atoms with van der Waals surface area (Å²) in [5, 5.41) is 12.1. The number of rotatable bonds is 7. The third kappa shape index (κ3) is 4.22. The molecule has 1 atom stereocenters. The Morgan fingerprint density at radius 2 is 2.21 bits per heavy atom. The minimum atomic E-state index is -0.191. The predicted molar refractivity (Wildman–Crippen MR) is 75.0 cm³/mol. The van der Waals surface area contributed by atoms with Gasteiger partial charge in [0.2, 0.25) is 5.91 Å². The first-order valence-corrected chi connectivity index (χ1v) is 6.53. The molecule has 4 N–H and O–H groups in total. The van der Waals surface area contributed by atoms with E-state index in [1.54, 1.807) is 18.2 Å². The molecule has 1 aromatic carbocycles. The van der Waals surface area contributed by atoms with Crippen LogP contribution in [-0.2, 0) is 11.4 Å². The molecule has 0 aliphatic heterocycles. The third-order valence-corrected chi connectivity index (χ3v) is 2.95. The van der Waals surface area contributed by atoms with Crippen LogP contribution in [0.2, 0.25) is 0 Å². The van der Waals surface area contributed by atoms with Gasteiger partial charge in [0.05, 0.1) is 19.1 Å². The molecule has 0 fully saturated rings. The van der Waals surface area contributed by atoms with Gasteiger partial charge in [0, 0.05) is 17.8 Å². The highest BCUT2D eigenvalue weighted by Crippen LogP contribution is 2.23. The maximum atomic E-state index is 11.9. The lowest BCUT2D eigenvalue weighted by Crippen LogP contribution is -2.28. The Morgan fingerprint density at radius 3 is 2.74 bits per heavy atom. The number of aliphatic hydroxyl groups excluding tert-OH is 1. The van der Waals surface area contributed by atoms with Crippen molar-refractivity contribution < 1.29 is 14.6 Å². The lowest BCUT2D eigenvalue weighted by Gasteiger charge is -2.14. The largest absolute Gasteiger partial charge is 0.494 e. The smallest absolute Gasteiger partial charge is 0.228 e. The number of hydrogen-bond acceptors (Lipinski definition) is 4. The summed E-state index contributed by atoms with van der Waals surface area (Å²) >= 11 is 0. The molecule has 0 heterocycles. The lowest BCUT2D eigenvalue weighted by molar-refractivity contribution is -0.119. The van der Waals surface area contributed by atoms with Gasteiger partial charge in [-0.05, 0) is 31.5 Å². The number of nitrogens with one attached hydrogen (secondary N) is 1. The van der Waals surface area contributed by atoms with Crippen molar-refractivity contribution in [2.75, 3.05) is 18.5 Å². The summed E-state index contributed by atoms with van der Waals surface area (Å²) < 4.78 is 5.38. The maximum absolute atomic E-state index is 11.9. The topological polar surface area (TPSA) is 84.6 Å². The minimum absolute atomic E-state index is 0.0990. The van der Waals surface area contributed by atoms with Crippen LogP contribution in [0.5, 0.6) is 5.75 Å². The fourth-order valence-electron chi connectivity index (χ4n) is 1.78. The molecular formula is C14H22N2O3. The Morgan fingerprint density at radius 1 is 1.47 bits per heavy atom. The number of anilines is 1. The number of ether oxygens (including phenoxy) is 1. The van der Waals surface area contributed by atoms with Crippen LogP contribution in [0.3, 0.4) is 0 Å². The zero-order valence-corrected chi connectivity index (χ0v) is 11.5. The van der Waals surface area contributed by atoms with Crippen LogP contribution in [0.1, 0.15) is 25.8 Å². The molecule has 1 unspecified atom stereocenters. The molecule has 5 nitrogen and oxygen atoms in total. The van der Waals surface area contributed by atoms with E-state index in [2.05, 4.69) is 5.32 Å². The van der Waals surface area contributed by atoms with E-state index in [0.29, 0.717) is 36.6 Å². The van der Waals surface area contributed by atoms with E-state index < -0.39 is 0 Å². The van der Waals surface area contributed by atoms with Gasteiger partial charge in [-0.25, -0.2) is 0 Å². The molecule has 0 aliphatic rings. The van der Waals surface area contributed by atoms with Crippen molar-refractivity contribution in [1.82, 2.24) is 0 Å². The second kappa shape index (κ2) is 7.76.